The van der Waals surface area contributed by atoms with Crippen LogP contribution in [0.1, 0.15) is 21.5 Å². The lowest BCUT2D eigenvalue weighted by Crippen LogP contribution is -2.48. The highest BCUT2D eigenvalue weighted by Gasteiger charge is 2.29. The van der Waals surface area contributed by atoms with Crippen molar-refractivity contribution in [2.45, 2.75) is 24.7 Å². The first-order chi connectivity index (χ1) is 12.9. The second-order valence-electron chi connectivity index (χ2n) is 6.12. The summed E-state index contributed by atoms with van der Waals surface area (Å²) < 4.78 is 0. The van der Waals surface area contributed by atoms with Gasteiger partial charge >= 0.3 is 0 Å². The maximum Gasteiger partial charge on any atom is 0.251 e. The number of carbonyl (C=O) groups excluding carboxylic acids is 2. The van der Waals surface area contributed by atoms with E-state index in [0.29, 0.717) is 17.5 Å². The third-order valence-electron chi connectivity index (χ3n) is 4.14. The first-order valence-electron chi connectivity index (χ1n) is 8.55. The molecule has 144 valence electrons. The van der Waals surface area contributed by atoms with Crippen molar-refractivity contribution in [2.24, 2.45) is 0 Å². The van der Waals surface area contributed by atoms with Crippen LogP contribution in [0.2, 0.25) is 0 Å². The summed E-state index contributed by atoms with van der Waals surface area (Å²) in [5.74, 6) is -0.916. The third kappa shape index (κ3) is 5.70. The SMILES string of the molecule is O=C(c1ccccc1)c1ccc(CCNC(=O)C(O)C(O)C(O)CO)cc1. The minimum atomic E-state index is -1.84. The lowest BCUT2D eigenvalue weighted by molar-refractivity contribution is -0.142. The van der Waals surface area contributed by atoms with Gasteiger partial charge in [-0.25, -0.2) is 0 Å². The normalized spacial score (nSPS) is 14.2. The van der Waals surface area contributed by atoms with Gasteiger partial charge in [-0.2, -0.15) is 0 Å². The van der Waals surface area contributed by atoms with Crippen LogP contribution in [0.3, 0.4) is 0 Å². The molecule has 27 heavy (non-hydrogen) atoms. The minimum absolute atomic E-state index is 0.0741. The minimum Gasteiger partial charge on any atom is -0.394 e. The number of hydrogen-bond donors (Lipinski definition) is 5. The molecule has 0 saturated carbocycles. The summed E-state index contributed by atoms with van der Waals surface area (Å²) in [5.41, 5.74) is 2.05. The van der Waals surface area contributed by atoms with Crippen molar-refractivity contribution in [3.63, 3.8) is 0 Å². The summed E-state index contributed by atoms with van der Waals surface area (Å²) in [6.45, 7) is -0.566. The lowest BCUT2D eigenvalue weighted by atomic mass is 10.0. The summed E-state index contributed by atoms with van der Waals surface area (Å²) in [6.07, 6.45) is -4.74. The molecular weight excluding hydrogens is 350 g/mol. The Morgan fingerprint density at radius 1 is 0.889 bits per heavy atom. The number of carbonyl (C=O) groups is 2. The second-order valence-corrected chi connectivity index (χ2v) is 6.12. The zero-order valence-corrected chi connectivity index (χ0v) is 14.7. The van der Waals surface area contributed by atoms with Crippen LogP contribution in [-0.4, -0.2) is 63.6 Å². The maximum atomic E-state index is 12.3. The van der Waals surface area contributed by atoms with Gasteiger partial charge in [0.05, 0.1) is 6.61 Å². The Morgan fingerprint density at radius 2 is 1.48 bits per heavy atom. The van der Waals surface area contributed by atoms with Crippen LogP contribution < -0.4 is 5.32 Å². The van der Waals surface area contributed by atoms with Crippen LogP contribution in [0.5, 0.6) is 0 Å². The number of benzene rings is 2. The van der Waals surface area contributed by atoms with Gasteiger partial charge < -0.3 is 25.7 Å². The molecule has 3 unspecified atom stereocenters. The van der Waals surface area contributed by atoms with Gasteiger partial charge in [0.2, 0.25) is 0 Å². The Morgan fingerprint density at radius 3 is 2.07 bits per heavy atom. The number of nitrogens with one attached hydrogen (secondary N) is 1. The van der Waals surface area contributed by atoms with Crippen molar-refractivity contribution in [1.82, 2.24) is 5.32 Å². The molecular formula is C20H23NO6. The largest absolute Gasteiger partial charge is 0.394 e. The summed E-state index contributed by atoms with van der Waals surface area (Å²) in [7, 11) is 0. The fraction of sp³-hybridized carbons (Fsp3) is 0.300. The summed E-state index contributed by atoms with van der Waals surface area (Å²) in [6, 6.07) is 15.9. The molecule has 0 aromatic heterocycles. The third-order valence-corrected chi connectivity index (χ3v) is 4.14. The first kappa shape index (κ1) is 20.7. The highest BCUT2D eigenvalue weighted by atomic mass is 16.4. The van der Waals surface area contributed by atoms with Crippen LogP contribution in [0.15, 0.2) is 54.6 Å². The molecule has 0 radical (unpaired) electrons. The monoisotopic (exact) mass is 373 g/mol. The van der Waals surface area contributed by atoms with Gasteiger partial charge in [0.25, 0.3) is 5.91 Å². The van der Waals surface area contributed by atoms with Gasteiger partial charge in [0, 0.05) is 17.7 Å². The van der Waals surface area contributed by atoms with Crippen molar-refractivity contribution in [2.75, 3.05) is 13.2 Å². The quantitative estimate of drug-likeness (QED) is 0.383. The van der Waals surface area contributed by atoms with Crippen molar-refractivity contribution in [3.8, 4) is 0 Å². The molecule has 0 fully saturated rings. The number of rotatable bonds is 9. The van der Waals surface area contributed by atoms with E-state index in [1.807, 2.05) is 6.07 Å². The summed E-state index contributed by atoms with van der Waals surface area (Å²) >= 11 is 0. The van der Waals surface area contributed by atoms with Crippen molar-refractivity contribution < 1.29 is 30.0 Å². The Hall–Kier alpha value is -2.58. The molecule has 2 aromatic rings. The zero-order valence-electron chi connectivity index (χ0n) is 14.7. The van der Waals surface area contributed by atoms with Crippen molar-refractivity contribution in [3.05, 3.63) is 71.3 Å². The second kappa shape index (κ2) is 9.94. The molecule has 0 bridgehead atoms. The number of hydrogen-bond acceptors (Lipinski definition) is 6. The molecule has 7 nitrogen and oxygen atoms in total. The molecule has 5 N–H and O–H groups in total. The molecule has 0 aliphatic rings. The molecule has 0 spiro atoms. The molecule has 3 atom stereocenters. The molecule has 0 aliphatic heterocycles. The smallest absolute Gasteiger partial charge is 0.251 e. The van der Waals surface area contributed by atoms with E-state index in [1.165, 1.54) is 0 Å². The number of aliphatic hydroxyl groups is 4. The van der Waals surface area contributed by atoms with Crippen LogP contribution in [-0.2, 0) is 11.2 Å². The van der Waals surface area contributed by atoms with E-state index in [0.717, 1.165) is 5.56 Å². The predicted molar refractivity (Wildman–Crippen MR) is 98.1 cm³/mol. The molecule has 0 heterocycles. The van der Waals surface area contributed by atoms with E-state index in [9.17, 15) is 24.9 Å². The van der Waals surface area contributed by atoms with E-state index in [1.54, 1.807) is 48.5 Å². The van der Waals surface area contributed by atoms with Gasteiger partial charge in [0.15, 0.2) is 11.9 Å². The molecule has 0 saturated heterocycles. The molecule has 2 rings (SSSR count). The van der Waals surface area contributed by atoms with Crippen LogP contribution in [0, 0.1) is 0 Å². The van der Waals surface area contributed by atoms with E-state index in [2.05, 4.69) is 5.32 Å². The Balaban J connectivity index is 1.85. The van der Waals surface area contributed by atoms with E-state index >= 15 is 0 Å². The van der Waals surface area contributed by atoms with Crippen LogP contribution in [0.4, 0.5) is 0 Å². The summed E-state index contributed by atoms with van der Waals surface area (Å²) in [4.78, 5) is 24.1. The topological polar surface area (TPSA) is 127 Å². The highest BCUT2D eigenvalue weighted by molar-refractivity contribution is 6.08. The van der Waals surface area contributed by atoms with Gasteiger partial charge in [-0.1, -0.05) is 54.6 Å². The van der Waals surface area contributed by atoms with Gasteiger partial charge in [-0.05, 0) is 12.0 Å². The van der Waals surface area contributed by atoms with E-state index in [-0.39, 0.29) is 12.3 Å². The fourth-order valence-electron chi connectivity index (χ4n) is 2.49. The standard InChI is InChI=1S/C20H23NO6/c22-12-16(23)18(25)19(26)20(27)21-11-10-13-6-8-15(9-7-13)17(24)14-4-2-1-3-5-14/h1-9,16,18-19,22-23,25-26H,10-12H2,(H,21,27). The highest BCUT2D eigenvalue weighted by Crippen LogP contribution is 2.11. The lowest BCUT2D eigenvalue weighted by Gasteiger charge is -2.20. The Labute approximate surface area is 156 Å². The average Bonchev–Trinajstić information content (AvgIpc) is 2.72. The van der Waals surface area contributed by atoms with Crippen LogP contribution in [0.25, 0.3) is 0 Å². The van der Waals surface area contributed by atoms with Crippen molar-refractivity contribution >= 4 is 11.7 Å². The zero-order chi connectivity index (χ0) is 19.8. The molecule has 0 aliphatic carbocycles. The van der Waals surface area contributed by atoms with Gasteiger partial charge in [-0.3, -0.25) is 9.59 Å². The first-order valence-corrected chi connectivity index (χ1v) is 8.55. The molecule has 7 heteroatoms. The number of aliphatic hydroxyl groups excluding tert-OH is 4. The maximum absolute atomic E-state index is 12.3. The summed E-state index contributed by atoms with van der Waals surface area (Å²) in [5, 5.41) is 39.5. The molecule has 2 aromatic carbocycles. The number of amides is 1. The van der Waals surface area contributed by atoms with E-state index in [4.69, 9.17) is 5.11 Å². The number of ketones is 1. The van der Waals surface area contributed by atoms with E-state index < -0.39 is 30.8 Å². The average molecular weight is 373 g/mol. The van der Waals surface area contributed by atoms with Crippen molar-refractivity contribution in [1.29, 1.82) is 0 Å². The predicted octanol–water partition coefficient (Wildman–Crippen LogP) is -0.349. The van der Waals surface area contributed by atoms with Gasteiger partial charge in [0.1, 0.15) is 12.2 Å². The van der Waals surface area contributed by atoms with Gasteiger partial charge in [-0.15, -0.1) is 0 Å². The Bertz CT molecular complexity index is 747. The Kier molecular flexibility index (Phi) is 7.63. The fourth-order valence-corrected chi connectivity index (χ4v) is 2.49. The van der Waals surface area contributed by atoms with Crippen LogP contribution >= 0.6 is 0 Å². The molecule has 1 amide bonds.